The van der Waals surface area contributed by atoms with Crippen LogP contribution in [0.25, 0.3) is 5.69 Å². The molecule has 0 N–H and O–H groups in total. The Labute approximate surface area is 170 Å². The van der Waals surface area contributed by atoms with E-state index in [2.05, 4.69) is 23.9 Å². The van der Waals surface area contributed by atoms with Gasteiger partial charge in [-0.1, -0.05) is 44.2 Å². The predicted molar refractivity (Wildman–Crippen MR) is 111 cm³/mol. The molecule has 2 aromatic carbocycles. The van der Waals surface area contributed by atoms with Crippen LogP contribution in [0.4, 0.5) is 0 Å². The fourth-order valence-electron chi connectivity index (χ4n) is 2.72. The van der Waals surface area contributed by atoms with Crippen molar-refractivity contribution in [2.75, 3.05) is 13.7 Å². The SMILES string of the molecule is COc1cccc(CC(=O)/N=c2\cnn(-c3ccccc3)c(OCC(C)C)c2)c1. The van der Waals surface area contributed by atoms with Crippen molar-refractivity contribution < 1.29 is 14.3 Å². The number of nitrogens with zero attached hydrogens (tertiary/aromatic N) is 3. The van der Waals surface area contributed by atoms with Crippen molar-refractivity contribution >= 4 is 5.91 Å². The van der Waals surface area contributed by atoms with Crippen molar-refractivity contribution in [2.24, 2.45) is 10.9 Å². The van der Waals surface area contributed by atoms with Crippen LogP contribution in [-0.2, 0) is 11.2 Å². The molecule has 0 fully saturated rings. The average molecular weight is 391 g/mol. The molecular formula is C23H25N3O3. The fraction of sp³-hybridized carbons (Fsp3) is 0.261. The summed E-state index contributed by atoms with van der Waals surface area (Å²) in [7, 11) is 1.60. The molecule has 0 aliphatic heterocycles. The number of carbonyl (C=O) groups excluding carboxylic acids is 1. The second kappa shape index (κ2) is 9.68. The second-order valence-electron chi connectivity index (χ2n) is 7.04. The molecule has 0 saturated carbocycles. The zero-order chi connectivity index (χ0) is 20.6. The minimum Gasteiger partial charge on any atom is -0.497 e. The molecule has 0 radical (unpaired) electrons. The maximum atomic E-state index is 12.4. The van der Waals surface area contributed by atoms with Gasteiger partial charge in [0.25, 0.3) is 5.91 Å². The number of amides is 1. The molecule has 6 heteroatoms. The normalized spacial score (nSPS) is 11.5. The molecule has 29 heavy (non-hydrogen) atoms. The molecule has 1 amide bonds. The smallest absolute Gasteiger partial charge is 0.250 e. The molecule has 0 bridgehead atoms. The molecule has 3 aromatic rings. The summed E-state index contributed by atoms with van der Waals surface area (Å²) in [6.07, 6.45) is 1.76. The molecule has 0 spiro atoms. The lowest BCUT2D eigenvalue weighted by atomic mass is 10.1. The highest BCUT2D eigenvalue weighted by Crippen LogP contribution is 2.15. The van der Waals surface area contributed by atoms with Crippen LogP contribution in [0.3, 0.4) is 0 Å². The summed E-state index contributed by atoms with van der Waals surface area (Å²) in [6, 6.07) is 18.8. The minimum absolute atomic E-state index is 0.187. The van der Waals surface area contributed by atoms with E-state index < -0.39 is 0 Å². The highest BCUT2D eigenvalue weighted by molar-refractivity contribution is 5.79. The largest absolute Gasteiger partial charge is 0.497 e. The number of carbonyl (C=O) groups is 1. The van der Waals surface area contributed by atoms with Crippen LogP contribution < -0.4 is 14.8 Å². The van der Waals surface area contributed by atoms with Crippen molar-refractivity contribution in [3.05, 3.63) is 77.8 Å². The Bertz CT molecular complexity index is 1030. The summed E-state index contributed by atoms with van der Waals surface area (Å²) in [5.41, 5.74) is 1.72. The Morgan fingerprint density at radius 3 is 2.62 bits per heavy atom. The summed E-state index contributed by atoms with van der Waals surface area (Å²) in [6.45, 7) is 4.69. The number of hydrogen-bond acceptors (Lipinski definition) is 4. The predicted octanol–water partition coefficient (Wildman–Crippen LogP) is 3.59. The molecular weight excluding hydrogens is 366 g/mol. The maximum Gasteiger partial charge on any atom is 0.250 e. The van der Waals surface area contributed by atoms with Gasteiger partial charge in [0.15, 0.2) is 0 Å². The number of para-hydroxylation sites is 1. The standard InChI is InChI=1S/C23H25N3O3/c1-17(2)16-29-23-14-19(15-24-26(23)20-9-5-4-6-10-20)25-22(27)13-18-8-7-11-21(12-18)28-3/h4-12,14-15,17H,13,16H2,1-3H3/b25-19-. The highest BCUT2D eigenvalue weighted by Gasteiger charge is 2.08. The van der Waals surface area contributed by atoms with Gasteiger partial charge < -0.3 is 9.47 Å². The van der Waals surface area contributed by atoms with E-state index in [-0.39, 0.29) is 12.3 Å². The summed E-state index contributed by atoms with van der Waals surface area (Å²) < 4.78 is 12.8. The first kappa shape index (κ1) is 20.3. The summed E-state index contributed by atoms with van der Waals surface area (Å²) in [5, 5.41) is 4.90. The lowest BCUT2D eigenvalue weighted by Gasteiger charge is -2.14. The third-order valence-corrected chi connectivity index (χ3v) is 4.09. The van der Waals surface area contributed by atoms with Crippen LogP contribution in [0.15, 0.2) is 71.9 Å². The number of benzene rings is 2. The van der Waals surface area contributed by atoms with Crippen molar-refractivity contribution in [3.8, 4) is 17.3 Å². The highest BCUT2D eigenvalue weighted by atomic mass is 16.5. The van der Waals surface area contributed by atoms with E-state index in [1.54, 1.807) is 24.1 Å². The zero-order valence-electron chi connectivity index (χ0n) is 16.9. The summed E-state index contributed by atoms with van der Waals surface area (Å²) in [5.74, 6) is 1.35. The number of ether oxygens (including phenoxy) is 2. The first-order valence-corrected chi connectivity index (χ1v) is 9.53. The van der Waals surface area contributed by atoms with Crippen LogP contribution in [0.2, 0.25) is 0 Å². The van der Waals surface area contributed by atoms with Crippen molar-refractivity contribution in [3.63, 3.8) is 0 Å². The van der Waals surface area contributed by atoms with Gasteiger partial charge in [-0.15, -0.1) is 0 Å². The second-order valence-corrected chi connectivity index (χ2v) is 7.04. The van der Waals surface area contributed by atoms with Gasteiger partial charge in [0.2, 0.25) is 5.88 Å². The lowest BCUT2D eigenvalue weighted by Crippen LogP contribution is -2.17. The number of rotatable bonds is 7. The molecule has 150 valence electrons. The first-order chi connectivity index (χ1) is 14.0. The Morgan fingerprint density at radius 2 is 1.90 bits per heavy atom. The summed E-state index contributed by atoms with van der Waals surface area (Å²) in [4.78, 5) is 16.6. The van der Waals surface area contributed by atoms with Crippen molar-refractivity contribution in [1.82, 2.24) is 9.78 Å². The van der Waals surface area contributed by atoms with Gasteiger partial charge in [0.1, 0.15) is 5.75 Å². The first-order valence-electron chi connectivity index (χ1n) is 9.53. The topological polar surface area (TPSA) is 65.7 Å². The molecule has 3 rings (SSSR count). The van der Waals surface area contributed by atoms with Crippen LogP contribution in [0, 0.1) is 5.92 Å². The molecule has 0 unspecified atom stereocenters. The third kappa shape index (κ3) is 5.78. The van der Waals surface area contributed by atoms with E-state index >= 15 is 0 Å². The lowest BCUT2D eigenvalue weighted by molar-refractivity contribution is -0.117. The van der Waals surface area contributed by atoms with E-state index in [0.29, 0.717) is 29.5 Å². The zero-order valence-corrected chi connectivity index (χ0v) is 16.9. The molecule has 0 aliphatic carbocycles. The van der Waals surface area contributed by atoms with Crippen LogP contribution >= 0.6 is 0 Å². The van der Waals surface area contributed by atoms with Crippen LogP contribution in [0.5, 0.6) is 11.6 Å². The van der Waals surface area contributed by atoms with Crippen molar-refractivity contribution in [1.29, 1.82) is 0 Å². The van der Waals surface area contributed by atoms with Gasteiger partial charge in [-0.25, -0.2) is 9.67 Å². The van der Waals surface area contributed by atoms with E-state index in [9.17, 15) is 4.79 Å². The minimum atomic E-state index is -0.257. The van der Waals surface area contributed by atoms with Gasteiger partial charge in [-0.05, 0) is 35.7 Å². The average Bonchev–Trinajstić information content (AvgIpc) is 2.73. The van der Waals surface area contributed by atoms with Gasteiger partial charge in [-0.3, -0.25) is 4.79 Å². The maximum absolute atomic E-state index is 12.4. The Kier molecular flexibility index (Phi) is 6.79. The van der Waals surface area contributed by atoms with Crippen LogP contribution in [0.1, 0.15) is 19.4 Å². The van der Waals surface area contributed by atoms with E-state index in [4.69, 9.17) is 9.47 Å². The van der Waals surface area contributed by atoms with Gasteiger partial charge in [0.05, 0.1) is 37.4 Å². The molecule has 0 aliphatic rings. The Morgan fingerprint density at radius 1 is 1.10 bits per heavy atom. The molecule has 1 aromatic heterocycles. The monoisotopic (exact) mass is 391 g/mol. The van der Waals surface area contributed by atoms with E-state index in [1.165, 1.54) is 0 Å². The molecule has 0 atom stereocenters. The Hall–Kier alpha value is -3.41. The van der Waals surface area contributed by atoms with Gasteiger partial charge in [-0.2, -0.15) is 5.10 Å². The van der Waals surface area contributed by atoms with Crippen LogP contribution in [-0.4, -0.2) is 29.4 Å². The third-order valence-electron chi connectivity index (χ3n) is 4.09. The van der Waals surface area contributed by atoms with E-state index in [1.807, 2.05) is 54.6 Å². The van der Waals surface area contributed by atoms with Gasteiger partial charge in [0, 0.05) is 6.07 Å². The Balaban J connectivity index is 1.88. The molecule has 0 saturated heterocycles. The van der Waals surface area contributed by atoms with E-state index in [0.717, 1.165) is 11.3 Å². The molecule has 6 nitrogen and oxygen atoms in total. The quantitative estimate of drug-likeness (QED) is 0.617. The number of methoxy groups -OCH3 is 1. The van der Waals surface area contributed by atoms with Crippen molar-refractivity contribution in [2.45, 2.75) is 20.3 Å². The number of aromatic nitrogens is 2. The summed E-state index contributed by atoms with van der Waals surface area (Å²) >= 11 is 0. The fourth-order valence-corrected chi connectivity index (χ4v) is 2.72. The molecule has 1 heterocycles. The number of hydrogen-bond donors (Lipinski definition) is 0. The van der Waals surface area contributed by atoms with Gasteiger partial charge >= 0.3 is 0 Å².